The van der Waals surface area contributed by atoms with Crippen LogP contribution >= 0.6 is 0 Å². The minimum atomic E-state index is 0.914. The number of fused-ring (bicyclic) bond motifs is 9. The van der Waals surface area contributed by atoms with Crippen LogP contribution < -0.4 is 4.90 Å². The van der Waals surface area contributed by atoms with E-state index in [2.05, 4.69) is 195 Å². The first-order valence-electron chi connectivity index (χ1n) is 19.3. The molecule has 0 saturated carbocycles. The molecule has 0 aliphatic rings. The molecule has 264 valence electrons. The van der Waals surface area contributed by atoms with Crippen molar-refractivity contribution < 1.29 is 4.42 Å². The molecule has 1 aromatic heterocycles. The van der Waals surface area contributed by atoms with Gasteiger partial charge in [0.2, 0.25) is 0 Å². The highest BCUT2D eigenvalue weighted by molar-refractivity contribution is 6.24. The Morgan fingerprint density at radius 2 is 0.821 bits per heavy atom. The Morgan fingerprint density at radius 1 is 0.321 bits per heavy atom. The maximum Gasteiger partial charge on any atom is 0.135 e. The number of benzene rings is 10. The van der Waals surface area contributed by atoms with Crippen molar-refractivity contribution in [3.8, 4) is 22.3 Å². The van der Waals surface area contributed by atoms with E-state index in [1.54, 1.807) is 0 Å². The number of anilines is 3. The Kier molecular flexibility index (Phi) is 7.33. The lowest BCUT2D eigenvalue weighted by Gasteiger charge is -2.26. The highest BCUT2D eigenvalue weighted by Gasteiger charge is 2.17. The van der Waals surface area contributed by atoms with E-state index >= 15 is 0 Å². The maximum atomic E-state index is 6.20. The normalized spacial score (nSPS) is 11.8. The third kappa shape index (κ3) is 5.26. The minimum Gasteiger partial charge on any atom is -0.456 e. The fourth-order valence-electron chi connectivity index (χ4n) is 8.84. The van der Waals surface area contributed by atoms with Crippen LogP contribution in [0.2, 0.25) is 0 Å². The van der Waals surface area contributed by atoms with Gasteiger partial charge < -0.3 is 9.32 Å². The zero-order valence-electron chi connectivity index (χ0n) is 31.3. The summed E-state index contributed by atoms with van der Waals surface area (Å²) in [6, 6.07) is 68.8. The SMILES string of the molecule is Cc1cccc(N(c2cccc(C)c2)c2ccc3cc(-c4cc5c6ccccc6c(-c6ccc7oc8ccccc8c7c6)cc5c5ccccc45)ccc3c2)c1. The monoisotopic (exact) mass is 715 g/mol. The molecule has 2 heteroatoms. The molecule has 0 radical (unpaired) electrons. The zero-order chi connectivity index (χ0) is 37.3. The van der Waals surface area contributed by atoms with E-state index in [1.165, 1.54) is 76.5 Å². The maximum absolute atomic E-state index is 6.20. The van der Waals surface area contributed by atoms with E-state index in [0.717, 1.165) is 39.0 Å². The van der Waals surface area contributed by atoms with Crippen molar-refractivity contribution in [3.05, 3.63) is 199 Å². The zero-order valence-corrected chi connectivity index (χ0v) is 31.3. The lowest BCUT2D eigenvalue weighted by atomic mass is 9.87. The van der Waals surface area contributed by atoms with E-state index in [4.69, 9.17) is 4.42 Å². The van der Waals surface area contributed by atoms with Gasteiger partial charge >= 0.3 is 0 Å². The van der Waals surface area contributed by atoms with Crippen LogP contribution in [0.3, 0.4) is 0 Å². The first-order chi connectivity index (χ1) is 27.6. The van der Waals surface area contributed by atoms with Gasteiger partial charge in [0, 0.05) is 27.8 Å². The molecule has 0 bridgehead atoms. The average molecular weight is 716 g/mol. The first-order valence-corrected chi connectivity index (χ1v) is 19.3. The fraction of sp³-hybridized carbons (Fsp3) is 0.0370. The molecule has 0 aliphatic heterocycles. The Labute approximate surface area is 325 Å². The summed E-state index contributed by atoms with van der Waals surface area (Å²) in [7, 11) is 0. The van der Waals surface area contributed by atoms with Crippen LogP contribution in [0, 0.1) is 13.8 Å². The van der Waals surface area contributed by atoms with Crippen LogP contribution in [-0.4, -0.2) is 0 Å². The quantitative estimate of drug-likeness (QED) is 0.165. The van der Waals surface area contributed by atoms with Crippen LogP contribution in [0.5, 0.6) is 0 Å². The van der Waals surface area contributed by atoms with Gasteiger partial charge in [0.1, 0.15) is 11.2 Å². The summed E-state index contributed by atoms with van der Waals surface area (Å²) < 4.78 is 6.20. The summed E-state index contributed by atoms with van der Waals surface area (Å²) in [5, 5.41) is 12.2. The summed E-state index contributed by atoms with van der Waals surface area (Å²) in [5.41, 5.74) is 12.6. The molecule has 0 aliphatic carbocycles. The largest absolute Gasteiger partial charge is 0.456 e. The lowest BCUT2D eigenvalue weighted by molar-refractivity contribution is 0.669. The predicted molar refractivity (Wildman–Crippen MR) is 239 cm³/mol. The van der Waals surface area contributed by atoms with Crippen molar-refractivity contribution >= 4 is 82.1 Å². The van der Waals surface area contributed by atoms with E-state index < -0.39 is 0 Å². The van der Waals surface area contributed by atoms with Crippen molar-refractivity contribution in [3.63, 3.8) is 0 Å². The van der Waals surface area contributed by atoms with Crippen molar-refractivity contribution in [2.24, 2.45) is 0 Å². The molecule has 0 N–H and O–H groups in total. The van der Waals surface area contributed by atoms with E-state index in [9.17, 15) is 0 Å². The standard InChI is InChI=1S/C54H37NO/c1-34-11-9-13-40(27-34)55(41-14-10-12-35(2)28-41)42-25-23-36-29-38(22-21-37(36)30-42)48-32-50-46-18-6-4-16-44(46)49(33-51(50)45-17-5-3-15-43(45)48)39-24-26-54-52(31-39)47-19-7-8-20-53(47)56-54/h3-33H,1-2H3. The average Bonchev–Trinajstić information content (AvgIpc) is 3.61. The molecule has 10 aromatic carbocycles. The molecule has 0 saturated heterocycles. The van der Waals surface area contributed by atoms with Crippen molar-refractivity contribution in [2.45, 2.75) is 13.8 Å². The van der Waals surface area contributed by atoms with Crippen molar-refractivity contribution in [1.29, 1.82) is 0 Å². The Bertz CT molecular complexity index is 3300. The molecule has 56 heavy (non-hydrogen) atoms. The highest BCUT2D eigenvalue weighted by atomic mass is 16.3. The van der Waals surface area contributed by atoms with Crippen LogP contribution in [0.1, 0.15) is 11.1 Å². The van der Waals surface area contributed by atoms with Gasteiger partial charge in [-0.3, -0.25) is 0 Å². The van der Waals surface area contributed by atoms with Crippen LogP contribution in [0.15, 0.2) is 192 Å². The van der Waals surface area contributed by atoms with Crippen LogP contribution in [0.4, 0.5) is 17.1 Å². The highest BCUT2D eigenvalue weighted by Crippen LogP contribution is 2.44. The van der Waals surface area contributed by atoms with E-state index in [0.29, 0.717) is 0 Å². The molecule has 0 spiro atoms. The molecule has 11 aromatic rings. The summed E-state index contributed by atoms with van der Waals surface area (Å²) in [6.07, 6.45) is 0. The minimum absolute atomic E-state index is 0.914. The lowest BCUT2D eigenvalue weighted by Crippen LogP contribution is -2.10. The Balaban J connectivity index is 1.07. The van der Waals surface area contributed by atoms with Gasteiger partial charge in [0.25, 0.3) is 0 Å². The third-order valence-electron chi connectivity index (χ3n) is 11.5. The molecule has 0 atom stereocenters. The van der Waals surface area contributed by atoms with Crippen LogP contribution in [0.25, 0.3) is 87.3 Å². The number of rotatable bonds is 5. The second-order valence-electron chi connectivity index (χ2n) is 15.1. The molecular formula is C54H37NO. The van der Waals surface area contributed by atoms with Gasteiger partial charge in [-0.2, -0.15) is 0 Å². The molecule has 0 fully saturated rings. The summed E-state index contributed by atoms with van der Waals surface area (Å²) >= 11 is 0. The summed E-state index contributed by atoms with van der Waals surface area (Å²) in [6.45, 7) is 4.31. The number of aryl methyl sites for hydroxylation is 2. The third-order valence-corrected chi connectivity index (χ3v) is 11.5. The van der Waals surface area contributed by atoms with Gasteiger partial charge in [-0.05, 0) is 163 Å². The molecule has 0 unspecified atom stereocenters. The molecule has 11 rings (SSSR count). The summed E-state index contributed by atoms with van der Waals surface area (Å²) in [5.74, 6) is 0. The van der Waals surface area contributed by atoms with E-state index in [-0.39, 0.29) is 0 Å². The fourth-order valence-corrected chi connectivity index (χ4v) is 8.84. The predicted octanol–water partition coefficient (Wildman–Crippen LogP) is 15.6. The number of hydrogen-bond acceptors (Lipinski definition) is 2. The number of furan rings is 1. The van der Waals surface area contributed by atoms with Gasteiger partial charge in [0.15, 0.2) is 0 Å². The van der Waals surface area contributed by atoms with Gasteiger partial charge in [0.05, 0.1) is 0 Å². The summed E-state index contributed by atoms with van der Waals surface area (Å²) in [4.78, 5) is 2.36. The molecule has 2 nitrogen and oxygen atoms in total. The first kappa shape index (κ1) is 32.3. The number of nitrogens with zero attached hydrogens (tertiary/aromatic N) is 1. The van der Waals surface area contributed by atoms with E-state index in [1.807, 2.05) is 12.1 Å². The Morgan fingerprint density at radius 3 is 1.46 bits per heavy atom. The van der Waals surface area contributed by atoms with Crippen molar-refractivity contribution in [2.75, 3.05) is 4.90 Å². The van der Waals surface area contributed by atoms with Crippen molar-refractivity contribution in [1.82, 2.24) is 0 Å². The number of hydrogen-bond donors (Lipinski definition) is 0. The van der Waals surface area contributed by atoms with Gasteiger partial charge in [-0.15, -0.1) is 0 Å². The van der Waals surface area contributed by atoms with Gasteiger partial charge in [-0.25, -0.2) is 0 Å². The van der Waals surface area contributed by atoms with Crippen LogP contribution in [-0.2, 0) is 0 Å². The molecule has 1 heterocycles. The topological polar surface area (TPSA) is 16.4 Å². The second kappa shape index (κ2) is 12.7. The molecular weight excluding hydrogens is 679 g/mol. The Hall–Kier alpha value is -7.16. The number of para-hydroxylation sites is 1. The second-order valence-corrected chi connectivity index (χ2v) is 15.1. The van der Waals surface area contributed by atoms with Gasteiger partial charge in [-0.1, -0.05) is 115 Å². The smallest absolute Gasteiger partial charge is 0.135 e. The molecule has 0 amide bonds.